The zero-order valence-electron chi connectivity index (χ0n) is 8.22. The number of aromatic nitrogens is 4. The van der Waals surface area contributed by atoms with E-state index in [1.807, 2.05) is 0 Å². The molecule has 0 aliphatic heterocycles. The van der Waals surface area contributed by atoms with Crippen molar-refractivity contribution < 1.29 is 18.0 Å². The first-order chi connectivity index (χ1) is 8.00. The molecule has 0 aliphatic rings. The van der Waals surface area contributed by atoms with Gasteiger partial charge >= 0.3 is 6.18 Å². The van der Waals surface area contributed by atoms with Gasteiger partial charge in [0.2, 0.25) is 5.95 Å². The van der Waals surface area contributed by atoms with E-state index in [4.69, 9.17) is 0 Å². The highest BCUT2D eigenvalue weighted by molar-refractivity contribution is 5.73. The molecule has 0 radical (unpaired) electrons. The Balaban J connectivity index is 2.33. The normalized spacial score (nSPS) is 11.5. The fraction of sp³-hybridized carbons (Fsp3) is 0.111. The fourth-order valence-corrected chi connectivity index (χ4v) is 1.09. The Morgan fingerprint density at radius 3 is 2.29 bits per heavy atom. The van der Waals surface area contributed by atoms with Crippen LogP contribution in [0.3, 0.4) is 0 Å². The Hall–Kier alpha value is -2.25. The number of carbonyl (C=O) groups is 1. The average Bonchev–Trinajstić information content (AvgIpc) is 2.78. The van der Waals surface area contributed by atoms with Crippen LogP contribution in [-0.2, 0) is 6.18 Å². The average molecular weight is 242 g/mol. The predicted molar refractivity (Wildman–Crippen MR) is 49.5 cm³/mol. The Morgan fingerprint density at radius 1 is 1.18 bits per heavy atom. The molecule has 2 aromatic rings. The number of alkyl halides is 3. The Morgan fingerprint density at radius 2 is 1.82 bits per heavy atom. The minimum Gasteiger partial charge on any atom is -0.298 e. The van der Waals surface area contributed by atoms with Gasteiger partial charge in [-0.25, -0.2) is 14.6 Å². The van der Waals surface area contributed by atoms with Gasteiger partial charge in [0.25, 0.3) is 0 Å². The van der Waals surface area contributed by atoms with E-state index in [9.17, 15) is 18.0 Å². The van der Waals surface area contributed by atoms with E-state index in [1.54, 1.807) is 0 Å². The van der Waals surface area contributed by atoms with Gasteiger partial charge in [0.05, 0.1) is 17.3 Å². The maximum Gasteiger partial charge on any atom is 0.419 e. The third kappa shape index (κ3) is 2.30. The van der Waals surface area contributed by atoms with E-state index in [2.05, 4.69) is 15.1 Å². The standard InChI is InChI=1S/C9H5F3N4O/c10-9(11,12)7-3-15-16(4-7)8-13-1-6(5-17)2-14-8/h1-5H. The van der Waals surface area contributed by atoms with Crippen LogP contribution in [0.1, 0.15) is 15.9 Å². The van der Waals surface area contributed by atoms with E-state index in [1.165, 1.54) is 12.4 Å². The lowest BCUT2D eigenvalue weighted by Crippen LogP contribution is -2.04. The Bertz CT molecular complexity index is 532. The van der Waals surface area contributed by atoms with Gasteiger partial charge in [-0.3, -0.25) is 4.79 Å². The van der Waals surface area contributed by atoms with Crippen LogP contribution in [-0.4, -0.2) is 26.0 Å². The molecule has 0 aromatic carbocycles. The van der Waals surface area contributed by atoms with E-state index in [-0.39, 0.29) is 11.5 Å². The van der Waals surface area contributed by atoms with Crippen LogP contribution < -0.4 is 0 Å². The van der Waals surface area contributed by atoms with Gasteiger partial charge in [-0.05, 0) is 0 Å². The van der Waals surface area contributed by atoms with E-state index >= 15 is 0 Å². The van der Waals surface area contributed by atoms with Crippen LogP contribution in [0.25, 0.3) is 5.95 Å². The van der Waals surface area contributed by atoms with Gasteiger partial charge in [0.15, 0.2) is 6.29 Å². The topological polar surface area (TPSA) is 60.7 Å². The van der Waals surface area contributed by atoms with Gasteiger partial charge in [0.1, 0.15) is 0 Å². The molecule has 0 amide bonds. The summed E-state index contributed by atoms with van der Waals surface area (Å²) in [6.45, 7) is 0. The molecule has 0 unspecified atom stereocenters. The molecule has 5 nitrogen and oxygen atoms in total. The van der Waals surface area contributed by atoms with Crippen molar-refractivity contribution in [2.45, 2.75) is 6.18 Å². The zero-order chi connectivity index (χ0) is 12.5. The maximum absolute atomic E-state index is 12.3. The Kier molecular flexibility index (Phi) is 2.62. The van der Waals surface area contributed by atoms with Crippen molar-refractivity contribution in [3.63, 3.8) is 0 Å². The lowest BCUT2D eigenvalue weighted by Gasteiger charge is -2.01. The van der Waals surface area contributed by atoms with Crippen molar-refractivity contribution in [3.8, 4) is 5.95 Å². The van der Waals surface area contributed by atoms with Crippen molar-refractivity contribution in [2.24, 2.45) is 0 Å². The van der Waals surface area contributed by atoms with Crippen molar-refractivity contribution in [1.82, 2.24) is 19.7 Å². The smallest absolute Gasteiger partial charge is 0.298 e. The lowest BCUT2D eigenvalue weighted by atomic mass is 10.4. The summed E-state index contributed by atoms with van der Waals surface area (Å²) in [5.41, 5.74) is -0.655. The summed E-state index contributed by atoms with van der Waals surface area (Å²) in [7, 11) is 0. The van der Waals surface area contributed by atoms with Gasteiger partial charge in [-0.2, -0.15) is 18.3 Å². The summed E-state index contributed by atoms with van der Waals surface area (Å²) in [6, 6.07) is 0. The molecule has 17 heavy (non-hydrogen) atoms. The number of hydrogen-bond acceptors (Lipinski definition) is 4. The first-order valence-corrected chi connectivity index (χ1v) is 4.40. The summed E-state index contributed by atoms with van der Waals surface area (Å²) in [4.78, 5) is 17.8. The van der Waals surface area contributed by atoms with Crippen LogP contribution in [0.2, 0.25) is 0 Å². The minimum atomic E-state index is -4.46. The quantitative estimate of drug-likeness (QED) is 0.748. The largest absolute Gasteiger partial charge is 0.419 e. The molecule has 2 rings (SSSR count). The molecule has 2 aromatic heterocycles. The molecular formula is C9H5F3N4O. The molecular weight excluding hydrogens is 237 g/mol. The molecule has 0 fully saturated rings. The Labute approximate surface area is 92.9 Å². The number of halogens is 3. The van der Waals surface area contributed by atoms with Crippen molar-refractivity contribution in [2.75, 3.05) is 0 Å². The van der Waals surface area contributed by atoms with Crippen molar-refractivity contribution in [1.29, 1.82) is 0 Å². The van der Waals surface area contributed by atoms with Crippen molar-refractivity contribution >= 4 is 6.29 Å². The highest BCUT2D eigenvalue weighted by Crippen LogP contribution is 2.28. The second-order valence-electron chi connectivity index (χ2n) is 3.11. The molecule has 0 bridgehead atoms. The van der Waals surface area contributed by atoms with Gasteiger partial charge < -0.3 is 0 Å². The molecule has 0 aliphatic carbocycles. The third-order valence-electron chi connectivity index (χ3n) is 1.91. The first kappa shape index (κ1) is 11.2. The molecule has 0 saturated heterocycles. The van der Waals surface area contributed by atoms with Crippen LogP contribution in [0.15, 0.2) is 24.8 Å². The summed E-state index contributed by atoms with van der Waals surface area (Å²) in [5, 5.41) is 3.49. The van der Waals surface area contributed by atoms with Gasteiger partial charge in [-0.15, -0.1) is 0 Å². The summed E-state index contributed by atoms with van der Waals surface area (Å²) >= 11 is 0. The molecule has 8 heteroatoms. The third-order valence-corrected chi connectivity index (χ3v) is 1.91. The van der Waals surface area contributed by atoms with Gasteiger partial charge in [-0.1, -0.05) is 0 Å². The summed E-state index contributed by atoms with van der Waals surface area (Å²) in [5.74, 6) is -0.0360. The first-order valence-electron chi connectivity index (χ1n) is 4.40. The fourth-order valence-electron chi connectivity index (χ4n) is 1.09. The molecule has 2 heterocycles. The molecule has 0 N–H and O–H groups in total. The molecule has 88 valence electrons. The number of rotatable bonds is 2. The van der Waals surface area contributed by atoms with Crippen LogP contribution in [0.5, 0.6) is 0 Å². The monoisotopic (exact) mass is 242 g/mol. The number of hydrogen-bond donors (Lipinski definition) is 0. The molecule has 0 atom stereocenters. The van der Waals surface area contributed by atoms with Gasteiger partial charge in [0, 0.05) is 18.6 Å². The van der Waals surface area contributed by atoms with Crippen LogP contribution in [0.4, 0.5) is 13.2 Å². The zero-order valence-corrected chi connectivity index (χ0v) is 8.22. The van der Waals surface area contributed by atoms with E-state index in [0.29, 0.717) is 12.5 Å². The van der Waals surface area contributed by atoms with Crippen molar-refractivity contribution in [3.05, 3.63) is 35.9 Å². The second kappa shape index (κ2) is 3.96. The maximum atomic E-state index is 12.3. The van der Waals surface area contributed by atoms with Crippen LogP contribution >= 0.6 is 0 Å². The van der Waals surface area contributed by atoms with E-state index < -0.39 is 11.7 Å². The molecule has 0 spiro atoms. The molecule has 0 saturated carbocycles. The van der Waals surface area contributed by atoms with E-state index in [0.717, 1.165) is 10.9 Å². The van der Waals surface area contributed by atoms with Crippen LogP contribution in [0, 0.1) is 0 Å². The predicted octanol–water partition coefficient (Wildman–Crippen LogP) is 1.49. The summed E-state index contributed by atoms with van der Waals surface area (Å²) < 4.78 is 37.8. The summed E-state index contributed by atoms with van der Waals surface area (Å²) in [6.07, 6.45) is -0.0730. The minimum absolute atomic E-state index is 0.0360. The highest BCUT2D eigenvalue weighted by atomic mass is 19.4. The lowest BCUT2D eigenvalue weighted by molar-refractivity contribution is -0.137. The highest BCUT2D eigenvalue weighted by Gasteiger charge is 2.32. The number of aldehydes is 1. The number of carbonyl (C=O) groups excluding carboxylic acids is 1. The number of nitrogens with zero attached hydrogens (tertiary/aromatic N) is 4. The second-order valence-corrected chi connectivity index (χ2v) is 3.11. The SMILES string of the molecule is O=Cc1cnc(-n2cc(C(F)(F)F)cn2)nc1.